The number of hydrogen-bond acceptors (Lipinski definition) is 3. The van der Waals surface area contributed by atoms with Gasteiger partial charge in [0.05, 0.1) is 17.7 Å². The molecule has 2 amide bonds. The molecule has 1 aromatic carbocycles. The van der Waals surface area contributed by atoms with E-state index in [1.165, 1.54) is 12.1 Å². The van der Waals surface area contributed by atoms with Crippen molar-refractivity contribution in [2.24, 2.45) is 17.6 Å². The van der Waals surface area contributed by atoms with Crippen LogP contribution in [-0.4, -0.2) is 42.4 Å². The van der Waals surface area contributed by atoms with E-state index in [9.17, 15) is 22.8 Å². The van der Waals surface area contributed by atoms with E-state index < -0.39 is 23.2 Å². The van der Waals surface area contributed by atoms with E-state index >= 15 is 0 Å². The molecule has 9 heteroatoms. The van der Waals surface area contributed by atoms with Crippen LogP contribution >= 0.6 is 12.4 Å². The van der Waals surface area contributed by atoms with Gasteiger partial charge >= 0.3 is 6.18 Å². The number of hydrogen-bond donors (Lipinski definition) is 2. The minimum atomic E-state index is -4.62. The van der Waals surface area contributed by atoms with Crippen molar-refractivity contribution in [2.75, 3.05) is 19.6 Å². The lowest BCUT2D eigenvalue weighted by Crippen LogP contribution is -2.40. The molecular weight excluding hydrogens is 371 g/mol. The molecular formula is C17H21ClF3N3O2. The van der Waals surface area contributed by atoms with Gasteiger partial charge in [-0.25, -0.2) is 0 Å². The zero-order valence-corrected chi connectivity index (χ0v) is 14.8. The van der Waals surface area contributed by atoms with Crippen molar-refractivity contribution in [3.63, 3.8) is 0 Å². The van der Waals surface area contributed by atoms with Crippen molar-refractivity contribution in [1.29, 1.82) is 0 Å². The van der Waals surface area contributed by atoms with Crippen LogP contribution in [0.15, 0.2) is 24.3 Å². The van der Waals surface area contributed by atoms with Gasteiger partial charge in [0, 0.05) is 19.1 Å². The maximum Gasteiger partial charge on any atom is 0.417 e. The summed E-state index contributed by atoms with van der Waals surface area (Å²) in [7, 11) is 0. The van der Waals surface area contributed by atoms with Crippen LogP contribution in [0.25, 0.3) is 0 Å². The topological polar surface area (TPSA) is 75.4 Å². The zero-order chi connectivity index (χ0) is 18.2. The number of benzene rings is 1. The molecule has 3 atom stereocenters. The molecule has 0 bridgehead atoms. The molecule has 1 saturated heterocycles. The van der Waals surface area contributed by atoms with Gasteiger partial charge in [-0.15, -0.1) is 12.4 Å². The highest BCUT2D eigenvalue weighted by Crippen LogP contribution is 2.37. The van der Waals surface area contributed by atoms with Crippen molar-refractivity contribution < 1.29 is 22.8 Å². The number of halogens is 4. The lowest BCUT2D eigenvalue weighted by molar-refractivity contribution is -0.137. The number of carbonyl (C=O) groups is 2. The van der Waals surface area contributed by atoms with Crippen LogP contribution < -0.4 is 11.1 Å². The molecule has 3 rings (SSSR count). The highest BCUT2D eigenvalue weighted by Gasteiger charge is 2.42. The van der Waals surface area contributed by atoms with Crippen LogP contribution in [0.5, 0.6) is 0 Å². The first-order chi connectivity index (χ1) is 11.8. The summed E-state index contributed by atoms with van der Waals surface area (Å²) in [5.41, 5.74) is 4.53. The summed E-state index contributed by atoms with van der Waals surface area (Å²) in [6.07, 6.45) is -2.68. The Morgan fingerprint density at radius 1 is 1.19 bits per heavy atom. The van der Waals surface area contributed by atoms with Crippen LogP contribution in [0.4, 0.5) is 13.2 Å². The lowest BCUT2D eigenvalue weighted by atomic mass is 9.98. The Morgan fingerprint density at radius 2 is 1.88 bits per heavy atom. The first kappa shape index (κ1) is 20.5. The summed E-state index contributed by atoms with van der Waals surface area (Å²) < 4.78 is 38.9. The normalized spacial score (nSPS) is 24.8. The van der Waals surface area contributed by atoms with E-state index in [2.05, 4.69) is 5.32 Å². The molecule has 26 heavy (non-hydrogen) atoms. The van der Waals surface area contributed by atoms with E-state index in [0.717, 1.165) is 25.0 Å². The molecule has 1 saturated carbocycles. The summed E-state index contributed by atoms with van der Waals surface area (Å²) in [6.45, 7) is 0.839. The smallest absolute Gasteiger partial charge is 0.343 e. The molecule has 2 fully saturated rings. The number of nitrogens with two attached hydrogens (primary N) is 1. The maximum atomic E-state index is 13.0. The Hall–Kier alpha value is -1.80. The standard InChI is InChI=1S/C17H20F3N3O2.ClH/c18-17(19,20)13-4-2-1-3-11(13)16(25)22-7-15(24)23-8-10-5-6-14(21)12(10)9-23;/h1-4,10,12,14H,5-9,21H2,(H,22,25);1H. The molecule has 0 aromatic heterocycles. The number of nitrogens with one attached hydrogen (secondary N) is 1. The first-order valence-corrected chi connectivity index (χ1v) is 8.25. The monoisotopic (exact) mass is 391 g/mol. The van der Waals surface area contributed by atoms with E-state index in [-0.39, 0.29) is 36.8 Å². The van der Waals surface area contributed by atoms with Crippen LogP contribution in [-0.2, 0) is 11.0 Å². The second kappa shape index (κ2) is 7.84. The van der Waals surface area contributed by atoms with Gasteiger partial charge in [-0.1, -0.05) is 12.1 Å². The third-order valence-corrected chi connectivity index (χ3v) is 5.14. The summed E-state index contributed by atoms with van der Waals surface area (Å²) >= 11 is 0. The van der Waals surface area contributed by atoms with E-state index in [1.54, 1.807) is 4.90 Å². The SMILES string of the molecule is Cl.NC1CCC2CN(C(=O)CNC(=O)c3ccccc3C(F)(F)F)CC12. The summed E-state index contributed by atoms with van der Waals surface area (Å²) in [5.74, 6) is -0.525. The number of fused-ring (bicyclic) bond motifs is 1. The number of likely N-dealkylation sites (tertiary alicyclic amines) is 1. The van der Waals surface area contributed by atoms with Crippen molar-refractivity contribution in [1.82, 2.24) is 10.2 Å². The Morgan fingerprint density at radius 3 is 2.54 bits per heavy atom. The first-order valence-electron chi connectivity index (χ1n) is 8.25. The minimum Gasteiger partial charge on any atom is -0.343 e. The van der Waals surface area contributed by atoms with E-state index in [4.69, 9.17) is 5.73 Å². The van der Waals surface area contributed by atoms with Gasteiger partial charge in [-0.3, -0.25) is 9.59 Å². The maximum absolute atomic E-state index is 13.0. The quantitative estimate of drug-likeness (QED) is 0.828. The second-order valence-corrected chi connectivity index (χ2v) is 6.69. The fourth-order valence-electron chi connectivity index (χ4n) is 3.80. The highest BCUT2D eigenvalue weighted by atomic mass is 35.5. The van der Waals surface area contributed by atoms with Crippen molar-refractivity contribution in [3.8, 4) is 0 Å². The Bertz CT molecular complexity index is 683. The van der Waals surface area contributed by atoms with Gasteiger partial charge in [0.25, 0.3) is 5.91 Å². The minimum absolute atomic E-state index is 0. The van der Waals surface area contributed by atoms with Crippen LogP contribution in [0, 0.1) is 11.8 Å². The molecule has 0 radical (unpaired) electrons. The molecule has 1 aliphatic heterocycles. The van der Waals surface area contributed by atoms with Crippen LogP contribution in [0.3, 0.4) is 0 Å². The van der Waals surface area contributed by atoms with Crippen LogP contribution in [0.1, 0.15) is 28.8 Å². The largest absolute Gasteiger partial charge is 0.417 e. The van der Waals surface area contributed by atoms with Gasteiger partial charge in [0.15, 0.2) is 0 Å². The van der Waals surface area contributed by atoms with Crippen molar-refractivity contribution in [3.05, 3.63) is 35.4 Å². The lowest BCUT2D eigenvalue weighted by Gasteiger charge is -2.19. The Labute approximate surface area is 155 Å². The Kier molecular flexibility index (Phi) is 6.18. The number of alkyl halides is 3. The molecule has 0 spiro atoms. The molecule has 144 valence electrons. The second-order valence-electron chi connectivity index (χ2n) is 6.69. The van der Waals surface area contributed by atoms with Gasteiger partial charge in [0.1, 0.15) is 0 Å². The molecule has 1 aliphatic carbocycles. The van der Waals surface area contributed by atoms with Crippen LogP contribution in [0.2, 0.25) is 0 Å². The average Bonchev–Trinajstić information content (AvgIpc) is 3.14. The van der Waals surface area contributed by atoms with Crippen molar-refractivity contribution >= 4 is 24.2 Å². The van der Waals surface area contributed by atoms with E-state index in [1.807, 2.05) is 0 Å². The fourth-order valence-corrected chi connectivity index (χ4v) is 3.80. The summed E-state index contributed by atoms with van der Waals surface area (Å²) in [6, 6.07) is 4.62. The molecule has 2 aliphatic rings. The molecule has 3 N–H and O–H groups in total. The van der Waals surface area contributed by atoms with Gasteiger partial charge in [-0.05, 0) is 36.8 Å². The predicted molar refractivity (Wildman–Crippen MR) is 91.8 cm³/mol. The third kappa shape index (κ3) is 4.12. The zero-order valence-electron chi connectivity index (χ0n) is 14.0. The van der Waals surface area contributed by atoms with Gasteiger partial charge in [-0.2, -0.15) is 13.2 Å². The third-order valence-electron chi connectivity index (χ3n) is 5.14. The fraction of sp³-hybridized carbons (Fsp3) is 0.529. The molecule has 5 nitrogen and oxygen atoms in total. The number of amides is 2. The molecule has 1 aromatic rings. The van der Waals surface area contributed by atoms with Gasteiger partial charge < -0.3 is 16.0 Å². The van der Waals surface area contributed by atoms with Gasteiger partial charge in [0.2, 0.25) is 5.91 Å². The predicted octanol–water partition coefficient (Wildman–Crippen LogP) is 2.05. The molecule has 3 unspecified atom stereocenters. The van der Waals surface area contributed by atoms with Crippen molar-refractivity contribution in [2.45, 2.75) is 25.1 Å². The summed E-state index contributed by atoms with van der Waals surface area (Å²) in [5, 5.41) is 2.30. The number of nitrogens with zero attached hydrogens (tertiary/aromatic N) is 1. The summed E-state index contributed by atoms with van der Waals surface area (Å²) in [4.78, 5) is 26.0. The number of rotatable bonds is 3. The Balaban J connectivity index is 0.00000243. The number of carbonyl (C=O) groups excluding carboxylic acids is 2. The molecule has 1 heterocycles. The van der Waals surface area contributed by atoms with E-state index in [0.29, 0.717) is 19.0 Å². The highest BCUT2D eigenvalue weighted by molar-refractivity contribution is 5.97. The average molecular weight is 392 g/mol.